The normalized spacial score (nSPS) is 7.42. The van der Waals surface area contributed by atoms with Crippen LogP contribution in [0, 0.1) is 0 Å². The summed E-state index contributed by atoms with van der Waals surface area (Å²) in [6.07, 6.45) is 0. The van der Waals surface area contributed by atoms with E-state index in [9.17, 15) is 0 Å². The summed E-state index contributed by atoms with van der Waals surface area (Å²) < 4.78 is 31.6. The average Bonchev–Trinajstić information content (AvgIpc) is 2.45. The molecular formula is C8H36Co2N9O4S+. The second-order valence-corrected chi connectivity index (χ2v) is 3.65. The summed E-state index contributed by atoms with van der Waals surface area (Å²) in [6.45, 7) is 4.78. The van der Waals surface area contributed by atoms with Crippen molar-refractivity contribution < 1.29 is 51.1 Å². The van der Waals surface area contributed by atoms with Crippen LogP contribution < -0.4 is 45.9 Å². The van der Waals surface area contributed by atoms with Crippen LogP contribution in [0.15, 0.2) is 0 Å². The molecule has 0 atom stereocenters. The Morgan fingerprint density at radius 2 is 0.583 bits per heavy atom. The molecule has 0 heterocycles. The Morgan fingerprint density at radius 3 is 0.583 bits per heavy atom. The van der Waals surface area contributed by atoms with Crippen LogP contribution in [-0.4, -0.2) is 69.9 Å². The van der Waals surface area contributed by atoms with E-state index in [-0.39, 0.29) is 39.7 Å². The zero-order valence-corrected chi connectivity index (χ0v) is 16.5. The van der Waals surface area contributed by atoms with Crippen molar-refractivity contribution in [1.82, 2.24) is 0 Å². The molecule has 0 aliphatic rings. The maximum atomic E-state index is 8.74. The Morgan fingerprint density at radius 1 is 0.542 bits per heavy atom. The van der Waals surface area contributed by atoms with E-state index in [0.29, 0.717) is 52.4 Å². The van der Waals surface area contributed by atoms with Gasteiger partial charge in [0.2, 0.25) is 0 Å². The van der Waals surface area contributed by atoms with E-state index in [1.165, 1.54) is 0 Å². The summed E-state index contributed by atoms with van der Waals surface area (Å²) in [5.74, 6) is 0. The Kier molecular flexibility index (Phi) is 117. The Labute approximate surface area is 165 Å². The fourth-order valence-corrected chi connectivity index (χ4v) is 0. The molecule has 160 valence electrons. The number of hydrogen-bond acceptors (Lipinski definition) is 10. The minimum Gasteiger partial charge on any atom is -0.693 e. The molecule has 20 N–H and O–H groups in total. The van der Waals surface area contributed by atoms with E-state index in [1.54, 1.807) is 0 Å². The van der Waals surface area contributed by atoms with Gasteiger partial charge in [-0.2, -0.15) is 8.42 Å². The molecule has 16 heteroatoms. The van der Waals surface area contributed by atoms with E-state index < -0.39 is 10.4 Å². The molecule has 0 aromatic carbocycles. The Balaban J connectivity index is -0.0000000216. The Bertz CT molecular complexity index is 198. The van der Waals surface area contributed by atoms with Gasteiger partial charge in [-0.25, -0.2) is 0 Å². The molecule has 0 saturated carbocycles. The van der Waals surface area contributed by atoms with Crippen LogP contribution in [-0.2, 0) is 44.0 Å². The molecule has 0 aromatic heterocycles. The second-order valence-electron chi connectivity index (χ2n) is 2.76. The quantitative estimate of drug-likeness (QED) is 0.174. The number of rotatable bonds is 4. The molecule has 0 unspecified atom stereocenters. The van der Waals surface area contributed by atoms with Crippen molar-refractivity contribution in [2.24, 2.45) is 45.9 Å². The van der Waals surface area contributed by atoms with Gasteiger partial charge in [0.15, 0.2) is 0 Å². The fraction of sp³-hybridized carbons (Fsp3) is 1.00. The zero-order chi connectivity index (χ0) is 18.2. The van der Waals surface area contributed by atoms with Crippen molar-refractivity contribution >= 4 is 10.4 Å². The summed E-state index contributed by atoms with van der Waals surface area (Å²) in [5.41, 5.74) is 39.2. The summed E-state index contributed by atoms with van der Waals surface area (Å²) in [4.78, 5) is 0. The van der Waals surface area contributed by atoms with Crippen molar-refractivity contribution in [3.8, 4) is 0 Å². The predicted molar refractivity (Wildman–Crippen MR) is 91.9 cm³/mol. The fourth-order valence-electron chi connectivity index (χ4n) is 0. The van der Waals surface area contributed by atoms with Gasteiger partial charge in [-0.05, 0) is 0 Å². The first-order chi connectivity index (χ1) is 9.66. The summed E-state index contributed by atoms with van der Waals surface area (Å²) >= 11 is 0. The predicted octanol–water partition coefficient (Wildman–Crippen LogP) is -4.33. The molecule has 0 aliphatic carbocycles. The van der Waals surface area contributed by atoms with Crippen LogP contribution in [0.5, 0.6) is 0 Å². The third-order valence-corrected chi connectivity index (χ3v) is 0.667. The van der Waals surface area contributed by atoms with Gasteiger partial charge >= 0.3 is 27.2 Å². The molecule has 13 nitrogen and oxygen atoms in total. The monoisotopic (exact) mass is 472 g/mol. The minimum atomic E-state index is -4.67. The molecule has 0 aliphatic heterocycles. The van der Waals surface area contributed by atoms with Crippen molar-refractivity contribution in [2.75, 3.05) is 52.4 Å². The van der Waals surface area contributed by atoms with Crippen molar-refractivity contribution in [3.05, 3.63) is 6.15 Å². The molecule has 0 fully saturated rings. The van der Waals surface area contributed by atoms with Crippen molar-refractivity contribution in [1.29, 1.82) is 0 Å². The summed E-state index contributed by atoms with van der Waals surface area (Å²) in [6, 6.07) is 0. The van der Waals surface area contributed by atoms with Gasteiger partial charge in [-0.3, -0.25) is 9.11 Å². The minimum absolute atomic E-state index is 0. The van der Waals surface area contributed by atoms with E-state index in [1.807, 2.05) is 0 Å². The molecule has 0 amide bonds. The van der Waals surface area contributed by atoms with Crippen LogP contribution in [0.4, 0.5) is 0 Å². The van der Waals surface area contributed by atoms with Gasteiger partial charge in [0, 0.05) is 69.1 Å². The van der Waals surface area contributed by atoms with Crippen molar-refractivity contribution in [2.45, 2.75) is 0 Å². The van der Waals surface area contributed by atoms with Gasteiger partial charge in [0.1, 0.15) is 0 Å². The van der Waals surface area contributed by atoms with Crippen LogP contribution in [0.25, 0.3) is 6.15 Å². The zero-order valence-electron chi connectivity index (χ0n) is 13.6. The molecule has 24 heavy (non-hydrogen) atoms. The molecule has 2 radical (unpaired) electrons. The molecule has 0 saturated heterocycles. The standard InChI is InChI=1S/4C2H8N2.2Co.H2N.H2O4S/c4*3-1-2-4;;;;1-5(2,3)4/h4*1-4H2;;;1H2;(H2,1,2,3,4)/q;;;;;+2;-1;. The summed E-state index contributed by atoms with van der Waals surface area (Å²) in [7, 11) is -4.67. The van der Waals surface area contributed by atoms with Crippen LogP contribution >= 0.6 is 0 Å². The van der Waals surface area contributed by atoms with E-state index >= 15 is 0 Å². The van der Waals surface area contributed by atoms with Crippen molar-refractivity contribution in [3.63, 3.8) is 0 Å². The van der Waals surface area contributed by atoms with E-state index in [2.05, 4.69) is 0 Å². The van der Waals surface area contributed by atoms with Gasteiger partial charge < -0.3 is 52.0 Å². The van der Waals surface area contributed by atoms with Crippen LogP contribution in [0.3, 0.4) is 0 Å². The topological polar surface area (TPSA) is 316 Å². The molecule has 0 spiro atoms. The third kappa shape index (κ3) is 510. The smallest absolute Gasteiger partial charge is 0.693 e. The second kappa shape index (κ2) is 56.6. The van der Waals surface area contributed by atoms with Crippen LogP contribution in [0.1, 0.15) is 0 Å². The van der Waals surface area contributed by atoms with Gasteiger partial charge in [-0.1, -0.05) is 0 Å². The van der Waals surface area contributed by atoms with E-state index in [4.69, 9.17) is 63.4 Å². The maximum absolute atomic E-state index is 8.74. The van der Waals surface area contributed by atoms with Gasteiger partial charge in [0.05, 0.1) is 0 Å². The van der Waals surface area contributed by atoms with Crippen LogP contribution in [0.2, 0.25) is 0 Å². The van der Waals surface area contributed by atoms with E-state index in [0.717, 1.165) is 0 Å². The largest absolute Gasteiger partial charge is 2.00 e. The van der Waals surface area contributed by atoms with Gasteiger partial charge in [-0.15, -0.1) is 0 Å². The average molecular weight is 472 g/mol. The molecular weight excluding hydrogens is 436 g/mol. The first-order valence-corrected chi connectivity index (χ1v) is 7.36. The molecule has 0 rings (SSSR count). The van der Waals surface area contributed by atoms with Gasteiger partial charge in [0.25, 0.3) is 0 Å². The summed E-state index contributed by atoms with van der Waals surface area (Å²) in [5, 5.41) is 0. The maximum Gasteiger partial charge on any atom is 2.00 e. The number of hydrogen-bond donors (Lipinski definition) is 10. The third-order valence-electron chi connectivity index (χ3n) is 0.667. The molecule has 0 aromatic rings. The number of nitrogens with two attached hydrogens (primary N) is 9. The Hall–Kier alpha value is 0.523. The SMILES string of the molecule is NCCN.NCCN.NCCN.NCCN.O=S(=O)(O)O.[Co+2].[Co].[NH2-]. The first-order valence-electron chi connectivity index (χ1n) is 5.96. The first kappa shape index (κ1) is 49.7. The molecule has 0 bridgehead atoms.